The van der Waals surface area contributed by atoms with E-state index in [0.717, 1.165) is 29.0 Å². The van der Waals surface area contributed by atoms with Gasteiger partial charge in [0.2, 0.25) is 0 Å². The van der Waals surface area contributed by atoms with E-state index in [-0.39, 0.29) is 0 Å². The molecule has 0 spiro atoms. The molecule has 4 heteroatoms. The third-order valence-corrected chi connectivity index (χ3v) is 3.00. The van der Waals surface area contributed by atoms with E-state index < -0.39 is 0 Å². The van der Waals surface area contributed by atoms with Crippen molar-refractivity contribution in [1.29, 1.82) is 0 Å². The van der Waals surface area contributed by atoms with Gasteiger partial charge in [-0.05, 0) is 31.9 Å². The highest BCUT2D eigenvalue weighted by Gasteiger charge is 2.10. The highest BCUT2D eigenvalue weighted by molar-refractivity contribution is 7.71. The molecule has 0 aromatic carbocycles. The van der Waals surface area contributed by atoms with Gasteiger partial charge in [-0.1, -0.05) is 19.1 Å². The molecule has 2 aromatic rings. The van der Waals surface area contributed by atoms with Gasteiger partial charge in [0.15, 0.2) is 11.6 Å². The Labute approximate surface area is 99.5 Å². The summed E-state index contributed by atoms with van der Waals surface area (Å²) in [6, 6.07) is 1.91. The number of nitrogens with one attached hydrogen (secondary N) is 1. The first kappa shape index (κ1) is 11.1. The maximum atomic E-state index is 5.39. The second-order valence-corrected chi connectivity index (χ2v) is 4.17. The van der Waals surface area contributed by atoms with Crippen LogP contribution in [0.25, 0.3) is 11.6 Å². The van der Waals surface area contributed by atoms with Crippen LogP contribution in [0.2, 0.25) is 0 Å². The van der Waals surface area contributed by atoms with Gasteiger partial charge in [0.05, 0.1) is 6.26 Å². The zero-order valence-corrected chi connectivity index (χ0v) is 10.4. The standard InChI is InChI=1S/C12H14N2OS/c1-4-9-8(3)13-11(14-12(9)16)10-7(2)5-6-15-10/h5-6H,4H2,1-3H3,(H,13,14,16). The van der Waals surface area contributed by atoms with Crippen LogP contribution < -0.4 is 0 Å². The summed E-state index contributed by atoms with van der Waals surface area (Å²) in [6.07, 6.45) is 2.55. The van der Waals surface area contributed by atoms with E-state index in [0.29, 0.717) is 10.5 Å². The Hall–Kier alpha value is -1.42. The van der Waals surface area contributed by atoms with E-state index in [2.05, 4.69) is 16.9 Å². The number of hydrogen-bond donors (Lipinski definition) is 1. The normalized spacial score (nSPS) is 10.7. The molecule has 0 fully saturated rings. The van der Waals surface area contributed by atoms with Crippen molar-refractivity contribution in [2.45, 2.75) is 27.2 Å². The van der Waals surface area contributed by atoms with E-state index in [1.54, 1.807) is 6.26 Å². The number of H-pyrrole nitrogens is 1. The van der Waals surface area contributed by atoms with Gasteiger partial charge in [0.1, 0.15) is 4.64 Å². The van der Waals surface area contributed by atoms with E-state index in [1.165, 1.54) is 0 Å². The molecule has 0 aliphatic heterocycles. The minimum absolute atomic E-state index is 0.657. The Kier molecular flexibility index (Phi) is 2.92. The first-order valence-corrected chi connectivity index (χ1v) is 5.68. The van der Waals surface area contributed by atoms with Crippen molar-refractivity contribution in [2.75, 3.05) is 0 Å². The molecule has 2 aromatic heterocycles. The van der Waals surface area contributed by atoms with Gasteiger partial charge in [-0.25, -0.2) is 4.98 Å². The van der Waals surface area contributed by atoms with Crippen LogP contribution in [0.3, 0.4) is 0 Å². The molecule has 0 amide bonds. The Morgan fingerprint density at radius 1 is 1.44 bits per heavy atom. The number of aryl methyl sites for hydroxylation is 2. The quantitative estimate of drug-likeness (QED) is 0.807. The van der Waals surface area contributed by atoms with E-state index in [9.17, 15) is 0 Å². The van der Waals surface area contributed by atoms with Crippen LogP contribution >= 0.6 is 12.2 Å². The third-order valence-electron chi connectivity index (χ3n) is 2.66. The molecule has 0 unspecified atom stereocenters. The third kappa shape index (κ3) is 1.80. The summed E-state index contributed by atoms with van der Waals surface area (Å²) in [6.45, 7) is 6.07. The highest BCUT2D eigenvalue weighted by atomic mass is 32.1. The van der Waals surface area contributed by atoms with Crippen LogP contribution in [-0.4, -0.2) is 9.97 Å². The first-order chi connectivity index (χ1) is 7.63. The molecule has 16 heavy (non-hydrogen) atoms. The van der Waals surface area contributed by atoms with E-state index in [1.807, 2.05) is 19.9 Å². The number of furan rings is 1. The second-order valence-electron chi connectivity index (χ2n) is 3.78. The molecular formula is C12H14N2OS. The molecule has 0 radical (unpaired) electrons. The van der Waals surface area contributed by atoms with Gasteiger partial charge in [-0.3, -0.25) is 0 Å². The lowest BCUT2D eigenvalue weighted by atomic mass is 10.2. The molecule has 0 bridgehead atoms. The van der Waals surface area contributed by atoms with Crippen molar-refractivity contribution in [3.8, 4) is 11.6 Å². The molecule has 0 saturated carbocycles. The van der Waals surface area contributed by atoms with Crippen LogP contribution in [-0.2, 0) is 6.42 Å². The summed E-state index contributed by atoms with van der Waals surface area (Å²) in [5, 5.41) is 0. The molecule has 0 saturated heterocycles. The fourth-order valence-electron chi connectivity index (χ4n) is 1.75. The predicted molar refractivity (Wildman–Crippen MR) is 66.0 cm³/mol. The minimum atomic E-state index is 0.657. The van der Waals surface area contributed by atoms with Crippen molar-refractivity contribution in [1.82, 2.24) is 9.97 Å². The Morgan fingerprint density at radius 3 is 2.69 bits per heavy atom. The fourth-order valence-corrected chi connectivity index (χ4v) is 2.14. The van der Waals surface area contributed by atoms with E-state index in [4.69, 9.17) is 16.6 Å². The van der Waals surface area contributed by atoms with Crippen LogP contribution in [0, 0.1) is 18.5 Å². The lowest BCUT2D eigenvalue weighted by Crippen LogP contribution is -1.99. The van der Waals surface area contributed by atoms with Gasteiger partial charge in [-0.15, -0.1) is 0 Å². The van der Waals surface area contributed by atoms with Crippen molar-refractivity contribution in [2.24, 2.45) is 0 Å². The summed E-state index contributed by atoms with van der Waals surface area (Å²) >= 11 is 5.27. The average Bonchev–Trinajstić information content (AvgIpc) is 2.64. The summed E-state index contributed by atoms with van der Waals surface area (Å²) in [5.74, 6) is 1.47. The predicted octanol–water partition coefficient (Wildman–Crippen LogP) is 3.58. The van der Waals surface area contributed by atoms with E-state index >= 15 is 0 Å². The highest BCUT2D eigenvalue weighted by Crippen LogP contribution is 2.22. The molecule has 0 aliphatic rings. The first-order valence-electron chi connectivity index (χ1n) is 5.27. The van der Waals surface area contributed by atoms with Crippen LogP contribution in [0.5, 0.6) is 0 Å². The fraction of sp³-hybridized carbons (Fsp3) is 0.333. The molecule has 84 valence electrons. The smallest absolute Gasteiger partial charge is 0.175 e. The van der Waals surface area contributed by atoms with Crippen LogP contribution in [0.15, 0.2) is 16.7 Å². The maximum Gasteiger partial charge on any atom is 0.175 e. The van der Waals surface area contributed by atoms with Crippen LogP contribution in [0.1, 0.15) is 23.7 Å². The van der Waals surface area contributed by atoms with Crippen LogP contribution in [0.4, 0.5) is 0 Å². The summed E-state index contributed by atoms with van der Waals surface area (Å²) in [4.78, 5) is 7.61. The summed E-state index contributed by atoms with van der Waals surface area (Å²) in [7, 11) is 0. The zero-order valence-electron chi connectivity index (χ0n) is 9.63. The lowest BCUT2D eigenvalue weighted by Gasteiger charge is -2.06. The molecule has 2 rings (SSSR count). The minimum Gasteiger partial charge on any atom is -0.461 e. The molecule has 2 heterocycles. The molecule has 1 N–H and O–H groups in total. The van der Waals surface area contributed by atoms with Gasteiger partial charge < -0.3 is 9.40 Å². The number of aromatic nitrogens is 2. The van der Waals surface area contributed by atoms with Crippen molar-refractivity contribution < 1.29 is 4.42 Å². The Balaban J connectivity index is 2.61. The van der Waals surface area contributed by atoms with Crippen molar-refractivity contribution in [3.63, 3.8) is 0 Å². The number of hydrogen-bond acceptors (Lipinski definition) is 3. The monoisotopic (exact) mass is 234 g/mol. The van der Waals surface area contributed by atoms with Gasteiger partial charge >= 0.3 is 0 Å². The Morgan fingerprint density at radius 2 is 2.19 bits per heavy atom. The summed E-state index contributed by atoms with van der Waals surface area (Å²) in [5.41, 5.74) is 3.22. The van der Waals surface area contributed by atoms with Gasteiger partial charge in [0.25, 0.3) is 0 Å². The molecule has 0 aliphatic carbocycles. The maximum absolute atomic E-state index is 5.39. The number of rotatable bonds is 2. The molecular weight excluding hydrogens is 220 g/mol. The Bertz CT molecular complexity index is 569. The second kappa shape index (κ2) is 4.22. The SMILES string of the molecule is CCc1c(C)[nH]c(-c2occc2C)nc1=S. The topological polar surface area (TPSA) is 41.8 Å². The van der Waals surface area contributed by atoms with Crippen molar-refractivity contribution >= 4 is 12.2 Å². The number of nitrogens with zero attached hydrogens (tertiary/aromatic N) is 1. The van der Waals surface area contributed by atoms with Gasteiger partial charge in [-0.2, -0.15) is 0 Å². The largest absolute Gasteiger partial charge is 0.461 e. The zero-order chi connectivity index (χ0) is 11.7. The average molecular weight is 234 g/mol. The lowest BCUT2D eigenvalue weighted by molar-refractivity contribution is 0.575. The molecule has 0 atom stereocenters. The summed E-state index contributed by atoms with van der Waals surface area (Å²) < 4.78 is 6.05. The van der Waals surface area contributed by atoms with Crippen molar-refractivity contribution in [3.05, 3.63) is 33.8 Å². The molecule has 3 nitrogen and oxygen atoms in total. The number of aromatic amines is 1. The van der Waals surface area contributed by atoms with Gasteiger partial charge in [0, 0.05) is 11.3 Å².